The van der Waals surface area contributed by atoms with Crippen LogP contribution >= 0.6 is 0 Å². The molecule has 16 heavy (non-hydrogen) atoms. The van der Waals surface area contributed by atoms with Crippen LogP contribution in [0.3, 0.4) is 0 Å². The molecule has 0 spiro atoms. The number of carbonyl (C=O) groups excluding carboxylic acids is 1. The highest BCUT2D eigenvalue weighted by Crippen LogP contribution is 2.26. The number of hydrogen-bond acceptors (Lipinski definition) is 3. The molecule has 0 aromatic carbocycles. The number of nitrogens with zero attached hydrogens (tertiary/aromatic N) is 1. The lowest BCUT2D eigenvalue weighted by molar-refractivity contribution is -0.140. The van der Waals surface area contributed by atoms with Gasteiger partial charge in [0.15, 0.2) is 0 Å². The summed E-state index contributed by atoms with van der Waals surface area (Å²) < 4.78 is 5.47. The van der Waals surface area contributed by atoms with E-state index in [2.05, 4.69) is 5.32 Å². The number of rotatable bonds is 1. The van der Waals surface area contributed by atoms with Gasteiger partial charge in [0.25, 0.3) is 5.91 Å². The Hall–Kier alpha value is -0.610. The summed E-state index contributed by atoms with van der Waals surface area (Å²) in [5.41, 5.74) is 0. The first-order valence-electron chi connectivity index (χ1n) is 6.48. The zero-order chi connectivity index (χ0) is 11.0. The highest BCUT2D eigenvalue weighted by atomic mass is 16.5. The molecular weight excluding hydrogens is 204 g/mol. The number of likely N-dealkylation sites (tertiary alicyclic amines) is 1. The van der Waals surface area contributed by atoms with Crippen molar-refractivity contribution in [3.8, 4) is 0 Å². The Morgan fingerprint density at radius 1 is 1.25 bits per heavy atom. The second-order valence-corrected chi connectivity index (χ2v) is 5.21. The Morgan fingerprint density at radius 2 is 2.19 bits per heavy atom. The fraction of sp³-hybridized carbons (Fsp3) is 0.917. The van der Waals surface area contributed by atoms with E-state index in [9.17, 15) is 4.79 Å². The molecular formula is C12H20N2O2. The molecule has 3 aliphatic rings. The number of nitrogens with one attached hydrogen (secondary N) is 1. The summed E-state index contributed by atoms with van der Waals surface area (Å²) in [6.45, 7) is 3.71. The molecule has 4 heteroatoms. The molecule has 3 aliphatic heterocycles. The lowest BCUT2D eigenvalue weighted by atomic mass is 9.94. The van der Waals surface area contributed by atoms with Gasteiger partial charge in [0.2, 0.25) is 0 Å². The van der Waals surface area contributed by atoms with Crippen molar-refractivity contribution in [3.05, 3.63) is 0 Å². The van der Waals surface area contributed by atoms with Gasteiger partial charge in [-0.2, -0.15) is 0 Å². The maximum Gasteiger partial charge on any atom is 0.251 e. The van der Waals surface area contributed by atoms with Crippen LogP contribution in [0.2, 0.25) is 0 Å². The molecule has 3 heterocycles. The summed E-state index contributed by atoms with van der Waals surface area (Å²) >= 11 is 0. The largest absolute Gasteiger partial charge is 0.368 e. The Bertz CT molecular complexity index is 262. The first-order chi connectivity index (χ1) is 7.84. The molecule has 3 saturated heterocycles. The number of carbonyl (C=O) groups is 1. The maximum absolute atomic E-state index is 12.2. The number of ether oxygens (including phenoxy) is 1. The van der Waals surface area contributed by atoms with Crippen LogP contribution in [0.5, 0.6) is 0 Å². The summed E-state index contributed by atoms with van der Waals surface area (Å²) in [4.78, 5) is 14.2. The van der Waals surface area contributed by atoms with Crippen LogP contribution in [0.4, 0.5) is 0 Å². The fourth-order valence-electron chi connectivity index (χ4n) is 3.20. The van der Waals surface area contributed by atoms with Gasteiger partial charge in [0.05, 0.1) is 0 Å². The van der Waals surface area contributed by atoms with Gasteiger partial charge >= 0.3 is 0 Å². The van der Waals surface area contributed by atoms with Crippen LogP contribution in [0.25, 0.3) is 0 Å². The number of piperidine rings is 1. The first-order valence-corrected chi connectivity index (χ1v) is 6.48. The van der Waals surface area contributed by atoms with Crippen LogP contribution in [0.15, 0.2) is 0 Å². The van der Waals surface area contributed by atoms with E-state index in [4.69, 9.17) is 4.74 Å². The van der Waals surface area contributed by atoms with Gasteiger partial charge < -0.3 is 15.0 Å². The van der Waals surface area contributed by atoms with E-state index < -0.39 is 0 Å². The SMILES string of the molecule is O=C([C@H]1CCCO1)N1CC2CCCNC2C1. The van der Waals surface area contributed by atoms with Crippen LogP contribution in [0, 0.1) is 5.92 Å². The number of fused-ring (bicyclic) bond motifs is 1. The molecule has 3 rings (SSSR count). The van der Waals surface area contributed by atoms with Crippen molar-refractivity contribution < 1.29 is 9.53 Å². The molecule has 0 bridgehead atoms. The topological polar surface area (TPSA) is 41.6 Å². The zero-order valence-electron chi connectivity index (χ0n) is 9.65. The molecule has 3 fully saturated rings. The van der Waals surface area contributed by atoms with Gasteiger partial charge in [-0.3, -0.25) is 4.79 Å². The van der Waals surface area contributed by atoms with Crippen molar-refractivity contribution in [2.45, 2.75) is 37.8 Å². The third kappa shape index (κ3) is 1.84. The van der Waals surface area contributed by atoms with E-state index in [1.165, 1.54) is 12.8 Å². The molecule has 0 radical (unpaired) electrons. The van der Waals surface area contributed by atoms with Crippen LogP contribution in [0.1, 0.15) is 25.7 Å². The van der Waals surface area contributed by atoms with Crippen molar-refractivity contribution in [2.75, 3.05) is 26.2 Å². The standard InChI is InChI=1S/C12H20N2O2/c15-12(11-4-2-6-16-11)14-7-9-3-1-5-13-10(9)8-14/h9-11,13H,1-8H2/t9?,10?,11-/m1/s1. The van der Waals surface area contributed by atoms with E-state index in [1.54, 1.807) is 0 Å². The summed E-state index contributed by atoms with van der Waals surface area (Å²) in [6, 6.07) is 0.541. The van der Waals surface area contributed by atoms with Crippen molar-refractivity contribution in [2.24, 2.45) is 5.92 Å². The molecule has 1 N–H and O–H groups in total. The second-order valence-electron chi connectivity index (χ2n) is 5.21. The van der Waals surface area contributed by atoms with E-state index in [0.717, 1.165) is 39.1 Å². The Labute approximate surface area is 96.3 Å². The number of amides is 1. The Balaban J connectivity index is 1.61. The van der Waals surface area contributed by atoms with Crippen LogP contribution in [-0.2, 0) is 9.53 Å². The Morgan fingerprint density at radius 3 is 2.94 bits per heavy atom. The monoisotopic (exact) mass is 224 g/mol. The Kier molecular flexibility index (Phi) is 2.86. The summed E-state index contributed by atoms with van der Waals surface area (Å²) in [5.74, 6) is 0.910. The van der Waals surface area contributed by atoms with E-state index in [-0.39, 0.29) is 12.0 Å². The molecule has 90 valence electrons. The van der Waals surface area contributed by atoms with Crippen molar-refractivity contribution in [3.63, 3.8) is 0 Å². The van der Waals surface area contributed by atoms with Gasteiger partial charge in [0.1, 0.15) is 6.10 Å². The zero-order valence-corrected chi connectivity index (χ0v) is 9.65. The summed E-state index contributed by atoms with van der Waals surface area (Å²) in [5, 5.41) is 3.52. The summed E-state index contributed by atoms with van der Waals surface area (Å²) in [7, 11) is 0. The molecule has 1 amide bonds. The van der Waals surface area contributed by atoms with Gasteiger partial charge in [-0.1, -0.05) is 0 Å². The number of hydrogen-bond donors (Lipinski definition) is 1. The predicted molar refractivity (Wildman–Crippen MR) is 60.1 cm³/mol. The average molecular weight is 224 g/mol. The molecule has 3 atom stereocenters. The van der Waals surface area contributed by atoms with E-state index >= 15 is 0 Å². The van der Waals surface area contributed by atoms with E-state index in [1.807, 2.05) is 4.90 Å². The lowest BCUT2D eigenvalue weighted by Crippen LogP contribution is -2.42. The van der Waals surface area contributed by atoms with Crippen molar-refractivity contribution in [1.29, 1.82) is 0 Å². The highest BCUT2D eigenvalue weighted by Gasteiger charge is 2.39. The fourth-order valence-corrected chi connectivity index (χ4v) is 3.20. The third-order valence-corrected chi connectivity index (χ3v) is 4.12. The lowest BCUT2D eigenvalue weighted by Gasteiger charge is -2.24. The summed E-state index contributed by atoms with van der Waals surface area (Å²) in [6.07, 6.45) is 4.34. The minimum absolute atomic E-state index is 0.139. The van der Waals surface area contributed by atoms with Crippen molar-refractivity contribution in [1.82, 2.24) is 10.2 Å². The van der Waals surface area contributed by atoms with Crippen LogP contribution in [-0.4, -0.2) is 49.2 Å². The minimum Gasteiger partial charge on any atom is -0.368 e. The van der Waals surface area contributed by atoms with Crippen LogP contribution < -0.4 is 5.32 Å². The third-order valence-electron chi connectivity index (χ3n) is 4.12. The highest BCUT2D eigenvalue weighted by molar-refractivity contribution is 5.81. The second kappa shape index (κ2) is 4.34. The van der Waals surface area contributed by atoms with Gasteiger partial charge in [-0.25, -0.2) is 0 Å². The average Bonchev–Trinajstić information content (AvgIpc) is 2.97. The van der Waals surface area contributed by atoms with Gasteiger partial charge in [-0.15, -0.1) is 0 Å². The van der Waals surface area contributed by atoms with Crippen molar-refractivity contribution >= 4 is 5.91 Å². The molecule has 2 unspecified atom stereocenters. The van der Waals surface area contributed by atoms with E-state index in [0.29, 0.717) is 12.0 Å². The normalized spacial score (nSPS) is 38.8. The molecule has 0 aliphatic carbocycles. The molecule has 4 nitrogen and oxygen atoms in total. The molecule has 0 aromatic rings. The quantitative estimate of drug-likeness (QED) is 0.700. The van der Waals surface area contributed by atoms with Gasteiger partial charge in [0, 0.05) is 25.7 Å². The molecule has 0 aromatic heterocycles. The minimum atomic E-state index is -0.139. The predicted octanol–water partition coefficient (Wildman–Crippen LogP) is 0.376. The first kappa shape index (κ1) is 10.5. The van der Waals surface area contributed by atoms with Gasteiger partial charge in [-0.05, 0) is 38.1 Å². The smallest absolute Gasteiger partial charge is 0.251 e. The maximum atomic E-state index is 12.2. The molecule has 0 saturated carbocycles.